The molecular weight excluding hydrogens is 294 g/mol. The largest absolute Gasteiger partial charge is 0.378 e. The van der Waals surface area contributed by atoms with Crippen molar-refractivity contribution in [2.45, 2.75) is 0 Å². The number of anilines is 1. The third-order valence-electron chi connectivity index (χ3n) is 4.43. The Morgan fingerprint density at radius 3 is 1.54 bits per heavy atom. The Balaban J connectivity index is 0.000000207. The predicted molar refractivity (Wildman–Crippen MR) is 100 cm³/mol. The van der Waals surface area contributed by atoms with Gasteiger partial charge in [-0.05, 0) is 52.6 Å². The lowest BCUT2D eigenvalue weighted by atomic mass is 10.1. The number of hydrogen-bond donors (Lipinski definition) is 0. The van der Waals surface area contributed by atoms with Gasteiger partial charge in [0.05, 0.1) is 13.2 Å². The number of hydrogen-bond acceptors (Lipinski definition) is 2. The van der Waals surface area contributed by atoms with Crippen LogP contribution in [0.2, 0.25) is 0 Å². The van der Waals surface area contributed by atoms with E-state index in [1.807, 2.05) is 36.4 Å². The Morgan fingerprint density at radius 2 is 1.04 bits per heavy atom. The summed E-state index contributed by atoms with van der Waals surface area (Å²) in [4.78, 5) is 2.38. The molecule has 1 fully saturated rings. The molecule has 24 heavy (non-hydrogen) atoms. The molecule has 2 aromatic carbocycles. The zero-order valence-electron chi connectivity index (χ0n) is 13.7. The van der Waals surface area contributed by atoms with Crippen molar-refractivity contribution in [2.24, 2.45) is 0 Å². The van der Waals surface area contributed by atoms with E-state index in [9.17, 15) is 0 Å². The summed E-state index contributed by atoms with van der Waals surface area (Å²) in [6.07, 6.45) is 0. The van der Waals surface area contributed by atoms with Crippen LogP contribution in [-0.4, -0.2) is 26.3 Å². The Hall–Kier alpha value is -2.58. The average Bonchev–Trinajstić information content (AvgIpc) is 3.30. The second-order valence-corrected chi connectivity index (χ2v) is 6.10. The van der Waals surface area contributed by atoms with Gasteiger partial charge in [0, 0.05) is 18.8 Å². The Labute approximate surface area is 143 Å². The van der Waals surface area contributed by atoms with E-state index in [-0.39, 0.29) is 0 Å². The van der Waals surface area contributed by atoms with Gasteiger partial charge in [-0.1, -0.05) is 48.5 Å². The van der Waals surface area contributed by atoms with Crippen LogP contribution in [0.5, 0.6) is 0 Å². The van der Waals surface area contributed by atoms with Gasteiger partial charge >= 0.3 is 0 Å². The number of fused-ring (bicyclic) bond motifs is 1. The first-order valence-corrected chi connectivity index (χ1v) is 8.49. The summed E-state index contributed by atoms with van der Waals surface area (Å²) in [6.45, 7) is 3.68. The van der Waals surface area contributed by atoms with Crippen molar-refractivity contribution in [1.29, 1.82) is 0 Å². The lowest BCUT2D eigenvalue weighted by molar-refractivity contribution is 0.122. The smallest absolute Gasteiger partial charge is 0.0642 e. The molecule has 0 aromatic heterocycles. The minimum atomic E-state index is 0.840. The topological polar surface area (TPSA) is 12.5 Å². The van der Waals surface area contributed by atoms with Crippen LogP contribution in [0.1, 0.15) is 0 Å². The van der Waals surface area contributed by atoms with Gasteiger partial charge in [0.1, 0.15) is 0 Å². The van der Waals surface area contributed by atoms with Crippen LogP contribution >= 0.6 is 0 Å². The molecule has 2 nitrogen and oxygen atoms in total. The maximum atomic E-state index is 5.38. The highest BCUT2D eigenvalue weighted by atomic mass is 16.5. The maximum Gasteiger partial charge on any atom is 0.0642 e. The molecule has 0 amide bonds. The Kier molecular flexibility index (Phi) is 4.30. The highest BCUT2D eigenvalue weighted by molar-refractivity contribution is 5.89. The molecule has 3 aliphatic rings. The fourth-order valence-corrected chi connectivity index (χ4v) is 3.00. The molecule has 2 aliphatic carbocycles. The normalized spacial score (nSPS) is 14.6. The van der Waals surface area contributed by atoms with E-state index < -0.39 is 0 Å². The van der Waals surface area contributed by atoms with Crippen molar-refractivity contribution < 1.29 is 4.74 Å². The Bertz CT molecular complexity index is 743. The second-order valence-electron chi connectivity index (χ2n) is 6.10. The summed E-state index contributed by atoms with van der Waals surface area (Å²) in [5, 5.41) is 0. The van der Waals surface area contributed by atoms with Crippen molar-refractivity contribution in [3.05, 3.63) is 78.9 Å². The molecule has 0 radical (unpaired) electrons. The van der Waals surface area contributed by atoms with E-state index in [1.54, 1.807) is 0 Å². The van der Waals surface area contributed by atoms with Crippen LogP contribution in [0.3, 0.4) is 0 Å². The summed E-state index contributed by atoms with van der Waals surface area (Å²) in [5.74, 6) is 0. The van der Waals surface area contributed by atoms with Crippen LogP contribution in [0.15, 0.2) is 78.9 Å². The van der Waals surface area contributed by atoms with Gasteiger partial charge in [-0.15, -0.1) is 0 Å². The fraction of sp³-hybridized carbons (Fsp3) is 0.182. The minimum Gasteiger partial charge on any atom is -0.378 e. The third kappa shape index (κ3) is 3.50. The van der Waals surface area contributed by atoms with E-state index in [0.29, 0.717) is 0 Å². The van der Waals surface area contributed by atoms with E-state index in [4.69, 9.17) is 4.74 Å². The first-order valence-electron chi connectivity index (χ1n) is 8.49. The van der Waals surface area contributed by atoms with E-state index >= 15 is 0 Å². The molecule has 2 aromatic rings. The van der Waals surface area contributed by atoms with E-state index in [1.165, 1.54) is 27.9 Å². The molecule has 0 N–H and O–H groups in total. The standard InChI is InChI=1S/C16H15NO.C6H6/c1-3-16(17-5-7-18-8-6-17)4-2-12(1)13-9-14-11-15(14)10-13;1-2-4-6-5-3-1/h1-4,9-11H,5-8H2;1-6H. The predicted octanol–water partition coefficient (Wildman–Crippen LogP) is 4.86. The Morgan fingerprint density at radius 1 is 0.583 bits per heavy atom. The summed E-state index contributed by atoms with van der Waals surface area (Å²) in [6, 6.07) is 27.6. The quantitative estimate of drug-likeness (QED) is 0.524. The van der Waals surface area contributed by atoms with Gasteiger partial charge in [-0.25, -0.2) is 0 Å². The number of rotatable bonds is 2. The molecule has 0 bridgehead atoms. The van der Waals surface area contributed by atoms with Crippen LogP contribution in [0.4, 0.5) is 5.69 Å². The zero-order chi connectivity index (χ0) is 16.2. The SMILES string of the molecule is c1cc(N2CCOCC2)ccc1-c1cc2cc-2c1.c1ccccc1. The van der Waals surface area contributed by atoms with Crippen molar-refractivity contribution in [1.82, 2.24) is 0 Å². The van der Waals surface area contributed by atoms with Crippen LogP contribution < -0.4 is 4.90 Å². The number of ether oxygens (including phenoxy) is 1. The van der Waals surface area contributed by atoms with Crippen LogP contribution in [0, 0.1) is 0 Å². The van der Waals surface area contributed by atoms with Crippen molar-refractivity contribution in [3.63, 3.8) is 0 Å². The molecule has 5 rings (SSSR count). The lowest BCUT2D eigenvalue weighted by Crippen LogP contribution is -2.36. The highest BCUT2D eigenvalue weighted by Gasteiger charge is 2.15. The van der Waals surface area contributed by atoms with Crippen LogP contribution in [-0.2, 0) is 4.74 Å². The van der Waals surface area contributed by atoms with Crippen LogP contribution in [0.25, 0.3) is 22.3 Å². The first-order chi connectivity index (χ1) is 11.9. The summed E-state index contributed by atoms with van der Waals surface area (Å²) in [5.41, 5.74) is 6.77. The van der Waals surface area contributed by atoms with Gasteiger partial charge in [-0.2, -0.15) is 0 Å². The molecular formula is C22H21NO. The summed E-state index contributed by atoms with van der Waals surface area (Å²) >= 11 is 0. The minimum absolute atomic E-state index is 0.840. The maximum absolute atomic E-state index is 5.38. The molecule has 1 aliphatic heterocycles. The molecule has 0 saturated carbocycles. The van der Waals surface area contributed by atoms with Gasteiger partial charge in [0.25, 0.3) is 0 Å². The van der Waals surface area contributed by atoms with E-state index in [2.05, 4.69) is 47.4 Å². The number of nitrogens with zero attached hydrogens (tertiary/aromatic N) is 1. The van der Waals surface area contributed by atoms with Gasteiger partial charge in [0.15, 0.2) is 0 Å². The molecule has 0 unspecified atom stereocenters. The molecule has 0 atom stereocenters. The molecule has 2 heteroatoms. The average molecular weight is 315 g/mol. The van der Waals surface area contributed by atoms with Crippen molar-refractivity contribution >= 4 is 5.69 Å². The van der Waals surface area contributed by atoms with Gasteiger partial charge in [-0.3, -0.25) is 0 Å². The van der Waals surface area contributed by atoms with E-state index in [0.717, 1.165) is 26.3 Å². The molecule has 1 heterocycles. The summed E-state index contributed by atoms with van der Waals surface area (Å²) < 4.78 is 5.38. The monoisotopic (exact) mass is 315 g/mol. The number of benzene rings is 3. The second kappa shape index (κ2) is 6.90. The first kappa shape index (κ1) is 15.0. The van der Waals surface area contributed by atoms with Crippen molar-refractivity contribution in [3.8, 4) is 22.3 Å². The van der Waals surface area contributed by atoms with Crippen molar-refractivity contribution in [2.75, 3.05) is 31.2 Å². The zero-order valence-corrected chi connectivity index (χ0v) is 13.7. The molecule has 0 spiro atoms. The lowest BCUT2D eigenvalue weighted by Gasteiger charge is -2.28. The number of morpholine rings is 1. The molecule has 120 valence electrons. The molecule has 1 saturated heterocycles. The van der Waals surface area contributed by atoms with Gasteiger partial charge < -0.3 is 9.64 Å². The highest BCUT2D eigenvalue weighted by Crippen LogP contribution is 2.40. The fourth-order valence-electron chi connectivity index (χ4n) is 3.00. The third-order valence-corrected chi connectivity index (χ3v) is 4.43. The van der Waals surface area contributed by atoms with Gasteiger partial charge in [0.2, 0.25) is 0 Å². The summed E-state index contributed by atoms with van der Waals surface area (Å²) in [7, 11) is 0.